The van der Waals surface area contributed by atoms with Crippen molar-refractivity contribution in [1.82, 2.24) is 4.90 Å². The van der Waals surface area contributed by atoms with Crippen LogP contribution in [0.2, 0.25) is 0 Å². The molecule has 0 spiro atoms. The number of ether oxygens (including phenoxy) is 1. The molecule has 0 radical (unpaired) electrons. The third kappa shape index (κ3) is 2.20. The molecule has 4 heteroatoms. The van der Waals surface area contributed by atoms with E-state index >= 15 is 0 Å². The molecule has 1 N–H and O–H groups in total. The van der Waals surface area contributed by atoms with Crippen molar-refractivity contribution in [2.24, 2.45) is 0 Å². The van der Waals surface area contributed by atoms with E-state index in [1.165, 1.54) is 0 Å². The molecule has 1 aliphatic heterocycles. The molecular formula is C16H15NO3. The lowest BCUT2D eigenvalue weighted by Gasteiger charge is -2.15. The highest BCUT2D eigenvalue weighted by Crippen LogP contribution is 2.27. The van der Waals surface area contributed by atoms with Crippen molar-refractivity contribution in [3.05, 3.63) is 59.2 Å². The fourth-order valence-electron chi connectivity index (χ4n) is 2.45. The van der Waals surface area contributed by atoms with Crippen LogP contribution in [-0.2, 0) is 13.1 Å². The van der Waals surface area contributed by atoms with Crippen molar-refractivity contribution in [2.45, 2.75) is 13.1 Å². The zero-order chi connectivity index (χ0) is 14.1. The van der Waals surface area contributed by atoms with Gasteiger partial charge in [0.2, 0.25) is 0 Å². The summed E-state index contributed by atoms with van der Waals surface area (Å²) >= 11 is 0. The van der Waals surface area contributed by atoms with E-state index in [1.54, 1.807) is 30.2 Å². The highest BCUT2D eigenvalue weighted by atomic mass is 16.5. The highest BCUT2D eigenvalue weighted by molar-refractivity contribution is 5.98. The van der Waals surface area contributed by atoms with Crippen molar-refractivity contribution in [3.63, 3.8) is 0 Å². The van der Waals surface area contributed by atoms with Gasteiger partial charge in [0.25, 0.3) is 5.91 Å². The number of rotatable bonds is 3. The Balaban J connectivity index is 1.78. The van der Waals surface area contributed by atoms with E-state index in [9.17, 15) is 9.90 Å². The topological polar surface area (TPSA) is 49.8 Å². The number of amides is 1. The number of hydrogen-bond donors (Lipinski definition) is 1. The van der Waals surface area contributed by atoms with Gasteiger partial charge in [0, 0.05) is 18.7 Å². The van der Waals surface area contributed by atoms with E-state index in [2.05, 4.69) is 0 Å². The number of methoxy groups -OCH3 is 1. The molecule has 3 rings (SSSR count). The predicted molar refractivity (Wildman–Crippen MR) is 74.7 cm³/mol. The molecule has 4 nitrogen and oxygen atoms in total. The van der Waals surface area contributed by atoms with E-state index < -0.39 is 0 Å². The number of phenolic OH excluding ortho intramolecular Hbond substituents is 1. The molecule has 0 aliphatic carbocycles. The second-order valence-corrected chi connectivity index (χ2v) is 4.85. The Kier molecular flexibility index (Phi) is 3.06. The average molecular weight is 269 g/mol. The summed E-state index contributed by atoms with van der Waals surface area (Å²) in [6.07, 6.45) is 0. The van der Waals surface area contributed by atoms with Gasteiger partial charge in [0.1, 0.15) is 11.5 Å². The Hall–Kier alpha value is -2.49. The van der Waals surface area contributed by atoms with E-state index in [1.807, 2.05) is 24.3 Å². The number of phenols is 1. The molecule has 1 amide bonds. The second-order valence-electron chi connectivity index (χ2n) is 4.85. The number of nitrogens with zero attached hydrogens (tertiary/aromatic N) is 1. The molecule has 1 aliphatic rings. The minimum Gasteiger partial charge on any atom is -0.508 e. The molecule has 0 saturated carbocycles. The molecule has 0 atom stereocenters. The monoisotopic (exact) mass is 269 g/mol. The van der Waals surface area contributed by atoms with Crippen LogP contribution < -0.4 is 4.74 Å². The van der Waals surface area contributed by atoms with Gasteiger partial charge < -0.3 is 14.7 Å². The third-order valence-electron chi connectivity index (χ3n) is 3.50. The lowest BCUT2D eigenvalue weighted by molar-refractivity contribution is 0.0766. The first-order valence-electron chi connectivity index (χ1n) is 6.41. The molecule has 0 unspecified atom stereocenters. The van der Waals surface area contributed by atoms with Crippen LogP contribution in [0.4, 0.5) is 0 Å². The molecule has 20 heavy (non-hydrogen) atoms. The zero-order valence-electron chi connectivity index (χ0n) is 11.2. The smallest absolute Gasteiger partial charge is 0.254 e. The van der Waals surface area contributed by atoms with Crippen LogP contribution in [0, 0.1) is 0 Å². The van der Waals surface area contributed by atoms with Crippen molar-refractivity contribution in [2.75, 3.05) is 7.11 Å². The van der Waals surface area contributed by atoms with Gasteiger partial charge >= 0.3 is 0 Å². The standard InChI is InChI=1S/C16H15NO3/c1-20-14-5-2-11(3-6-14)9-17-10-12-8-13(18)4-7-15(12)16(17)19/h2-8,18H,9-10H2,1H3. The van der Waals surface area contributed by atoms with E-state index in [0.29, 0.717) is 18.7 Å². The molecule has 2 aromatic rings. The van der Waals surface area contributed by atoms with Gasteiger partial charge in [0.15, 0.2) is 0 Å². The van der Waals surface area contributed by atoms with Crippen LogP contribution >= 0.6 is 0 Å². The first-order chi connectivity index (χ1) is 9.67. The van der Waals surface area contributed by atoms with Gasteiger partial charge in [-0.15, -0.1) is 0 Å². The van der Waals surface area contributed by atoms with Gasteiger partial charge in [-0.3, -0.25) is 4.79 Å². The fraction of sp³-hybridized carbons (Fsp3) is 0.188. The number of benzene rings is 2. The van der Waals surface area contributed by atoms with E-state index in [4.69, 9.17) is 4.74 Å². The molecule has 1 heterocycles. The van der Waals surface area contributed by atoms with Gasteiger partial charge in [-0.1, -0.05) is 12.1 Å². The van der Waals surface area contributed by atoms with Crippen LogP contribution in [-0.4, -0.2) is 23.0 Å². The maximum atomic E-state index is 12.3. The largest absolute Gasteiger partial charge is 0.508 e. The number of aromatic hydroxyl groups is 1. The summed E-state index contributed by atoms with van der Waals surface area (Å²) in [5.74, 6) is 1.01. The Morgan fingerprint density at radius 2 is 1.95 bits per heavy atom. The predicted octanol–water partition coefficient (Wildman–Crippen LogP) is 2.56. The summed E-state index contributed by atoms with van der Waals surface area (Å²) in [5, 5.41) is 9.47. The summed E-state index contributed by atoms with van der Waals surface area (Å²) in [4.78, 5) is 14.0. The number of carbonyl (C=O) groups excluding carboxylic acids is 1. The maximum absolute atomic E-state index is 12.3. The minimum atomic E-state index is 0.0100. The van der Waals surface area contributed by atoms with Crippen molar-refractivity contribution in [1.29, 1.82) is 0 Å². The lowest BCUT2D eigenvalue weighted by atomic mass is 10.1. The molecule has 102 valence electrons. The van der Waals surface area contributed by atoms with Crippen LogP contribution in [0.3, 0.4) is 0 Å². The van der Waals surface area contributed by atoms with Crippen LogP contribution in [0.5, 0.6) is 11.5 Å². The summed E-state index contributed by atoms with van der Waals surface area (Å²) in [7, 11) is 1.63. The van der Waals surface area contributed by atoms with Crippen LogP contribution in [0.15, 0.2) is 42.5 Å². The molecule has 0 saturated heterocycles. The van der Waals surface area contributed by atoms with Gasteiger partial charge in [-0.2, -0.15) is 0 Å². The normalized spacial score (nSPS) is 13.4. The Morgan fingerprint density at radius 3 is 2.65 bits per heavy atom. The summed E-state index contributed by atoms with van der Waals surface area (Å²) in [6.45, 7) is 1.09. The van der Waals surface area contributed by atoms with Crippen molar-refractivity contribution >= 4 is 5.91 Å². The molecule has 0 bridgehead atoms. The lowest BCUT2D eigenvalue weighted by Crippen LogP contribution is -2.23. The molecule has 0 fully saturated rings. The first kappa shape index (κ1) is 12.5. The van der Waals surface area contributed by atoms with Crippen molar-refractivity contribution in [3.8, 4) is 11.5 Å². The Labute approximate surface area is 117 Å². The number of hydrogen-bond acceptors (Lipinski definition) is 3. The molecule has 0 aromatic heterocycles. The van der Waals surface area contributed by atoms with E-state index in [-0.39, 0.29) is 11.7 Å². The molecular weight excluding hydrogens is 254 g/mol. The summed E-state index contributed by atoms with van der Waals surface area (Å²) in [6, 6.07) is 12.6. The maximum Gasteiger partial charge on any atom is 0.254 e. The zero-order valence-corrected chi connectivity index (χ0v) is 11.2. The SMILES string of the molecule is COc1ccc(CN2Cc3cc(O)ccc3C2=O)cc1. The number of fused-ring (bicyclic) bond motifs is 1. The van der Waals surface area contributed by atoms with Crippen LogP contribution in [0.1, 0.15) is 21.5 Å². The van der Waals surface area contributed by atoms with Gasteiger partial charge in [-0.25, -0.2) is 0 Å². The van der Waals surface area contributed by atoms with Crippen LogP contribution in [0.25, 0.3) is 0 Å². The number of carbonyl (C=O) groups is 1. The van der Waals surface area contributed by atoms with Gasteiger partial charge in [-0.05, 0) is 41.5 Å². The summed E-state index contributed by atoms with van der Waals surface area (Å²) < 4.78 is 5.12. The summed E-state index contributed by atoms with van der Waals surface area (Å²) in [5.41, 5.74) is 2.61. The highest BCUT2D eigenvalue weighted by Gasteiger charge is 2.27. The quantitative estimate of drug-likeness (QED) is 0.931. The average Bonchev–Trinajstić information content (AvgIpc) is 2.75. The minimum absolute atomic E-state index is 0.0100. The fourth-order valence-corrected chi connectivity index (χ4v) is 2.45. The van der Waals surface area contributed by atoms with Gasteiger partial charge in [0.05, 0.1) is 7.11 Å². The Morgan fingerprint density at radius 1 is 1.20 bits per heavy atom. The second kappa shape index (κ2) is 4.89. The third-order valence-corrected chi connectivity index (χ3v) is 3.50. The van der Waals surface area contributed by atoms with Crippen molar-refractivity contribution < 1.29 is 14.6 Å². The van der Waals surface area contributed by atoms with E-state index in [0.717, 1.165) is 16.9 Å². The first-order valence-corrected chi connectivity index (χ1v) is 6.41. The molecule has 2 aromatic carbocycles. The Bertz CT molecular complexity index is 649.